The lowest BCUT2D eigenvalue weighted by Gasteiger charge is -2.37. The van der Waals surface area contributed by atoms with Crippen LogP contribution in [0.3, 0.4) is 0 Å². The molecule has 22 heavy (non-hydrogen) atoms. The highest BCUT2D eigenvalue weighted by molar-refractivity contribution is 5.79. The number of aliphatic imine (C=N–C) groups is 1. The molecule has 1 unspecified atom stereocenters. The zero-order valence-electron chi connectivity index (χ0n) is 13.7. The van der Waals surface area contributed by atoms with Gasteiger partial charge in [-0.1, -0.05) is 19.0 Å². The molecule has 0 spiro atoms. The van der Waals surface area contributed by atoms with Crippen LogP contribution in [0.2, 0.25) is 0 Å². The Kier molecular flexibility index (Phi) is 6.67. The van der Waals surface area contributed by atoms with Crippen molar-refractivity contribution in [3.8, 4) is 0 Å². The fourth-order valence-electron chi connectivity index (χ4n) is 2.62. The van der Waals surface area contributed by atoms with E-state index in [9.17, 15) is 0 Å². The van der Waals surface area contributed by atoms with Gasteiger partial charge in [-0.3, -0.25) is 9.89 Å². The lowest BCUT2D eigenvalue weighted by atomic mass is 10.0. The molecule has 124 valence electrons. The lowest BCUT2D eigenvalue weighted by molar-refractivity contribution is 0.00752. The van der Waals surface area contributed by atoms with E-state index >= 15 is 0 Å². The van der Waals surface area contributed by atoms with E-state index in [0.29, 0.717) is 18.5 Å². The second kappa shape index (κ2) is 8.75. The van der Waals surface area contributed by atoms with Gasteiger partial charge in [0.1, 0.15) is 12.0 Å². The Morgan fingerprint density at radius 3 is 2.73 bits per heavy atom. The van der Waals surface area contributed by atoms with Gasteiger partial charge in [0, 0.05) is 38.8 Å². The normalized spacial score (nSPS) is 18.5. The van der Waals surface area contributed by atoms with Crippen molar-refractivity contribution >= 4 is 5.96 Å². The third kappa shape index (κ3) is 4.99. The zero-order valence-corrected chi connectivity index (χ0v) is 13.7. The van der Waals surface area contributed by atoms with Gasteiger partial charge in [-0.15, -0.1) is 0 Å². The number of ether oxygens (including phenoxy) is 1. The standard InChI is InChI=1S/C15H27N5O2/c1-12(2)14(20-5-8-21-9-6-20)11-18-15(16-3)17-10-13-4-7-22-19-13/h4,7,12,14H,5-6,8-11H2,1-3H3,(H2,16,17,18). The Morgan fingerprint density at radius 1 is 1.36 bits per heavy atom. The molecule has 7 nitrogen and oxygen atoms in total. The molecule has 0 aliphatic carbocycles. The van der Waals surface area contributed by atoms with Crippen molar-refractivity contribution in [3.05, 3.63) is 18.0 Å². The van der Waals surface area contributed by atoms with Crippen molar-refractivity contribution in [2.45, 2.75) is 26.4 Å². The van der Waals surface area contributed by atoms with Crippen molar-refractivity contribution in [1.29, 1.82) is 0 Å². The highest BCUT2D eigenvalue weighted by atomic mass is 16.5. The van der Waals surface area contributed by atoms with Crippen LogP contribution in [-0.4, -0.2) is 62.0 Å². The first-order valence-electron chi connectivity index (χ1n) is 7.86. The monoisotopic (exact) mass is 309 g/mol. The van der Waals surface area contributed by atoms with Crippen LogP contribution in [0, 0.1) is 5.92 Å². The first-order chi connectivity index (χ1) is 10.7. The lowest BCUT2D eigenvalue weighted by Crippen LogP contribution is -2.52. The highest BCUT2D eigenvalue weighted by Gasteiger charge is 2.23. The summed E-state index contributed by atoms with van der Waals surface area (Å²) in [6, 6.07) is 2.31. The zero-order chi connectivity index (χ0) is 15.8. The van der Waals surface area contributed by atoms with Crippen molar-refractivity contribution < 1.29 is 9.26 Å². The predicted molar refractivity (Wildman–Crippen MR) is 85.7 cm³/mol. The van der Waals surface area contributed by atoms with Gasteiger partial charge < -0.3 is 19.9 Å². The van der Waals surface area contributed by atoms with E-state index < -0.39 is 0 Å². The minimum Gasteiger partial charge on any atom is -0.379 e. The fourth-order valence-corrected chi connectivity index (χ4v) is 2.62. The van der Waals surface area contributed by atoms with Crippen molar-refractivity contribution in [1.82, 2.24) is 20.7 Å². The minimum atomic E-state index is 0.467. The smallest absolute Gasteiger partial charge is 0.191 e. The number of aromatic nitrogens is 1. The molecule has 0 radical (unpaired) electrons. The third-order valence-electron chi connectivity index (χ3n) is 3.91. The van der Waals surface area contributed by atoms with E-state index in [1.807, 2.05) is 6.07 Å². The van der Waals surface area contributed by atoms with Crippen LogP contribution in [0.25, 0.3) is 0 Å². The number of guanidine groups is 1. The molecular formula is C15H27N5O2. The molecule has 1 saturated heterocycles. The Bertz CT molecular complexity index is 441. The van der Waals surface area contributed by atoms with E-state index in [-0.39, 0.29) is 0 Å². The molecule has 2 rings (SSSR count). The molecule has 2 N–H and O–H groups in total. The molecule has 2 heterocycles. The van der Waals surface area contributed by atoms with Gasteiger partial charge >= 0.3 is 0 Å². The highest BCUT2D eigenvalue weighted by Crippen LogP contribution is 2.12. The van der Waals surface area contributed by atoms with Gasteiger partial charge in [0.25, 0.3) is 0 Å². The first kappa shape index (κ1) is 16.8. The quantitative estimate of drug-likeness (QED) is 0.595. The molecule has 1 aliphatic rings. The molecule has 1 fully saturated rings. The first-order valence-corrected chi connectivity index (χ1v) is 7.86. The van der Waals surface area contributed by atoms with Gasteiger partial charge in [0.15, 0.2) is 5.96 Å². The molecular weight excluding hydrogens is 282 g/mol. The molecule has 0 amide bonds. The Balaban J connectivity index is 1.81. The average molecular weight is 309 g/mol. The maximum Gasteiger partial charge on any atom is 0.191 e. The van der Waals surface area contributed by atoms with Crippen LogP contribution < -0.4 is 10.6 Å². The second-order valence-electron chi connectivity index (χ2n) is 5.76. The SMILES string of the molecule is CN=C(NCc1ccon1)NCC(C(C)C)N1CCOCC1. The van der Waals surface area contributed by atoms with E-state index in [0.717, 1.165) is 44.5 Å². The van der Waals surface area contributed by atoms with Gasteiger partial charge in [0.2, 0.25) is 0 Å². The summed E-state index contributed by atoms with van der Waals surface area (Å²) in [6.45, 7) is 9.60. The van der Waals surface area contributed by atoms with Gasteiger partial charge in [-0.25, -0.2) is 0 Å². The topological polar surface area (TPSA) is 74.9 Å². The van der Waals surface area contributed by atoms with E-state index in [2.05, 4.69) is 39.5 Å². The van der Waals surface area contributed by atoms with E-state index in [1.54, 1.807) is 13.3 Å². The minimum absolute atomic E-state index is 0.467. The number of nitrogens with zero attached hydrogens (tertiary/aromatic N) is 3. The summed E-state index contributed by atoms with van der Waals surface area (Å²) in [4.78, 5) is 6.75. The second-order valence-corrected chi connectivity index (χ2v) is 5.76. The van der Waals surface area contributed by atoms with Crippen molar-refractivity contribution in [2.24, 2.45) is 10.9 Å². The van der Waals surface area contributed by atoms with Crippen LogP contribution in [0.15, 0.2) is 21.8 Å². The number of hydrogen-bond acceptors (Lipinski definition) is 5. The third-order valence-corrected chi connectivity index (χ3v) is 3.91. The average Bonchev–Trinajstić information content (AvgIpc) is 3.04. The number of nitrogens with one attached hydrogen (secondary N) is 2. The summed E-state index contributed by atoms with van der Waals surface area (Å²) in [5.74, 6) is 1.35. The number of morpholine rings is 1. The summed E-state index contributed by atoms with van der Waals surface area (Å²) in [7, 11) is 1.78. The number of rotatable bonds is 6. The maximum atomic E-state index is 5.44. The molecule has 0 saturated carbocycles. The van der Waals surface area contributed by atoms with Crippen LogP contribution in [0.5, 0.6) is 0 Å². The Labute approximate surface area is 132 Å². The summed E-state index contributed by atoms with van der Waals surface area (Å²) in [6.07, 6.45) is 1.57. The van der Waals surface area contributed by atoms with Crippen LogP contribution in [0.1, 0.15) is 19.5 Å². The summed E-state index contributed by atoms with van der Waals surface area (Å²) in [5, 5.41) is 10.5. The largest absolute Gasteiger partial charge is 0.379 e. The van der Waals surface area contributed by atoms with Crippen molar-refractivity contribution in [3.63, 3.8) is 0 Å². The molecule has 1 aromatic heterocycles. The van der Waals surface area contributed by atoms with Crippen molar-refractivity contribution in [2.75, 3.05) is 39.9 Å². The molecule has 0 aromatic carbocycles. The summed E-state index contributed by atoms with van der Waals surface area (Å²) in [5.41, 5.74) is 0.858. The van der Waals surface area contributed by atoms with Crippen LogP contribution in [-0.2, 0) is 11.3 Å². The van der Waals surface area contributed by atoms with E-state index in [1.165, 1.54) is 0 Å². The fraction of sp³-hybridized carbons (Fsp3) is 0.733. The summed E-state index contributed by atoms with van der Waals surface area (Å²) < 4.78 is 10.3. The van der Waals surface area contributed by atoms with Crippen LogP contribution in [0.4, 0.5) is 0 Å². The summed E-state index contributed by atoms with van der Waals surface area (Å²) >= 11 is 0. The Hall–Kier alpha value is -1.60. The maximum absolute atomic E-state index is 5.44. The predicted octanol–water partition coefficient (Wildman–Crippen LogP) is 0.696. The van der Waals surface area contributed by atoms with E-state index in [4.69, 9.17) is 9.26 Å². The number of hydrogen-bond donors (Lipinski definition) is 2. The molecule has 1 aromatic rings. The molecule has 7 heteroatoms. The van der Waals surface area contributed by atoms with Gasteiger partial charge in [0.05, 0.1) is 19.8 Å². The van der Waals surface area contributed by atoms with Crippen LogP contribution >= 0.6 is 0 Å². The van der Waals surface area contributed by atoms with Gasteiger partial charge in [-0.05, 0) is 5.92 Å². The molecule has 0 bridgehead atoms. The molecule has 1 atom stereocenters. The Morgan fingerprint density at radius 2 is 2.14 bits per heavy atom. The van der Waals surface area contributed by atoms with Gasteiger partial charge in [-0.2, -0.15) is 0 Å². The molecule has 1 aliphatic heterocycles.